The Morgan fingerprint density at radius 2 is 1.80 bits per heavy atom. The van der Waals surface area contributed by atoms with Gasteiger partial charge in [-0.05, 0) is 23.5 Å². The molecule has 2 N–H and O–H groups in total. The number of hydrogen-bond donors (Lipinski definition) is 2. The molecule has 0 saturated heterocycles. The molecule has 0 atom stereocenters. The molecule has 0 aliphatic heterocycles. The monoisotopic (exact) mass is 228 g/mol. The van der Waals surface area contributed by atoms with E-state index >= 15 is 0 Å². The molecule has 4 heteroatoms. The summed E-state index contributed by atoms with van der Waals surface area (Å²) >= 11 is 0. The van der Waals surface area contributed by atoms with Crippen LogP contribution >= 0.6 is 7.60 Å². The molecule has 3 nitrogen and oxygen atoms in total. The number of hydrogen-bond acceptors (Lipinski definition) is 1. The molecule has 0 aromatic heterocycles. The van der Waals surface area contributed by atoms with Crippen molar-refractivity contribution in [2.45, 2.75) is 32.6 Å². The van der Waals surface area contributed by atoms with Crippen LogP contribution in [0.5, 0.6) is 0 Å². The van der Waals surface area contributed by atoms with Gasteiger partial charge in [0.05, 0.1) is 5.30 Å². The van der Waals surface area contributed by atoms with Crippen LogP contribution in [0.25, 0.3) is 0 Å². The van der Waals surface area contributed by atoms with Crippen molar-refractivity contribution < 1.29 is 14.4 Å². The minimum absolute atomic E-state index is 0.150. The fraction of sp³-hybridized carbons (Fsp3) is 0.455. The van der Waals surface area contributed by atoms with E-state index in [2.05, 4.69) is 0 Å². The van der Waals surface area contributed by atoms with Crippen LogP contribution in [0, 0.1) is 0 Å². The second-order valence-electron chi connectivity index (χ2n) is 4.30. The van der Waals surface area contributed by atoms with Gasteiger partial charge in [0.2, 0.25) is 0 Å². The van der Waals surface area contributed by atoms with Crippen LogP contribution in [0.1, 0.15) is 32.8 Å². The van der Waals surface area contributed by atoms with Crippen molar-refractivity contribution in [3.8, 4) is 0 Å². The summed E-state index contributed by atoms with van der Waals surface area (Å²) in [4.78, 5) is 18.5. The lowest BCUT2D eigenvalue weighted by atomic mass is 9.82. The molecule has 84 valence electrons. The predicted octanol–water partition coefficient (Wildman–Crippen LogP) is 2.18. The molecule has 0 radical (unpaired) electrons. The van der Waals surface area contributed by atoms with Crippen LogP contribution in [0.15, 0.2) is 24.3 Å². The van der Waals surface area contributed by atoms with Gasteiger partial charge in [0, 0.05) is 0 Å². The molecule has 0 amide bonds. The highest BCUT2D eigenvalue weighted by atomic mass is 31.2. The summed E-state index contributed by atoms with van der Waals surface area (Å²) in [6.07, 6.45) is 0.837. The van der Waals surface area contributed by atoms with E-state index in [0.717, 1.165) is 12.0 Å². The third-order valence-electron chi connectivity index (χ3n) is 2.83. The SMILES string of the molecule is CCC(C)(C)c1ccccc1P(=O)(O)O. The van der Waals surface area contributed by atoms with Crippen LogP contribution in [0.4, 0.5) is 0 Å². The third-order valence-corrected chi connectivity index (χ3v) is 3.85. The maximum atomic E-state index is 11.3. The van der Waals surface area contributed by atoms with E-state index in [4.69, 9.17) is 0 Å². The van der Waals surface area contributed by atoms with Crippen molar-refractivity contribution in [1.82, 2.24) is 0 Å². The van der Waals surface area contributed by atoms with Crippen molar-refractivity contribution in [3.05, 3.63) is 29.8 Å². The number of rotatable bonds is 3. The summed E-state index contributed by atoms with van der Waals surface area (Å²) in [5.74, 6) is 0. The fourth-order valence-corrected chi connectivity index (χ4v) is 2.46. The van der Waals surface area contributed by atoms with E-state index < -0.39 is 7.60 Å². The smallest absolute Gasteiger partial charge is 0.321 e. The zero-order valence-electron chi connectivity index (χ0n) is 9.27. The van der Waals surface area contributed by atoms with Gasteiger partial charge >= 0.3 is 7.60 Å². The molecule has 0 aliphatic carbocycles. The lowest BCUT2D eigenvalue weighted by Crippen LogP contribution is -2.25. The van der Waals surface area contributed by atoms with Gasteiger partial charge in [-0.3, -0.25) is 4.57 Å². The predicted molar refractivity (Wildman–Crippen MR) is 61.4 cm³/mol. The molecular weight excluding hydrogens is 211 g/mol. The third kappa shape index (κ3) is 2.69. The summed E-state index contributed by atoms with van der Waals surface area (Å²) in [6.45, 7) is 5.99. The summed E-state index contributed by atoms with van der Waals surface area (Å²) in [6, 6.07) is 6.76. The zero-order chi connectivity index (χ0) is 11.7. The zero-order valence-corrected chi connectivity index (χ0v) is 10.2. The molecule has 1 aromatic rings. The van der Waals surface area contributed by atoms with Crippen molar-refractivity contribution in [2.75, 3.05) is 0 Å². The second-order valence-corrected chi connectivity index (χ2v) is 5.87. The molecule has 0 fully saturated rings. The maximum Gasteiger partial charge on any atom is 0.356 e. The minimum Gasteiger partial charge on any atom is -0.321 e. The Kier molecular flexibility index (Phi) is 3.39. The Morgan fingerprint density at radius 3 is 2.27 bits per heavy atom. The highest BCUT2D eigenvalue weighted by molar-refractivity contribution is 7.60. The largest absolute Gasteiger partial charge is 0.356 e. The van der Waals surface area contributed by atoms with Crippen LogP contribution in [-0.2, 0) is 9.98 Å². The Morgan fingerprint density at radius 1 is 1.27 bits per heavy atom. The first-order valence-electron chi connectivity index (χ1n) is 4.94. The van der Waals surface area contributed by atoms with E-state index in [1.54, 1.807) is 12.1 Å². The van der Waals surface area contributed by atoms with Crippen molar-refractivity contribution >= 4 is 12.9 Å². The summed E-state index contributed by atoms with van der Waals surface area (Å²) in [5, 5.41) is 0.150. The van der Waals surface area contributed by atoms with Crippen LogP contribution in [0.3, 0.4) is 0 Å². The first-order valence-corrected chi connectivity index (χ1v) is 6.56. The normalized spacial score (nSPS) is 12.9. The molecule has 1 rings (SSSR count). The Balaban J connectivity index is 3.37. The Labute approximate surface area is 90.3 Å². The first kappa shape index (κ1) is 12.4. The standard InChI is InChI=1S/C11H17O3P/c1-4-11(2,3)9-7-5-6-8-10(9)15(12,13)14/h5-8H,4H2,1-3H3,(H2,12,13,14). The topological polar surface area (TPSA) is 57.5 Å². The lowest BCUT2D eigenvalue weighted by Gasteiger charge is -2.26. The summed E-state index contributed by atoms with van der Waals surface area (Å²) in [7, 11) is -4.17. The van der Waals surface area contributed by atoms with Gasteiger partial charge in [0.25, 0.3) is 0 Å². The molecule has 15 heavy (non-hydrogen) atoms. The lowest BCUT2D eigenvalue weighted by molar-refractivity contribution is 0.385. The molecule has 1 aromatic carbocycles. The van der Waals surface area contributed by atoms with Crippen LogP contribution in [0.2, 0.25) is 0 Å². The molecule has 0 unspecified atom stereocenters. The van der Waals surface area contributed by atoms with Crippen molar-refractivity contribution in [3.63, 3.8) is 0 Å². The van der Waals surface area contributed by atoms with E-state index in [0.29, 0.717) is 0 Å². The molecule has 0 saturated carbocycles. The fourth-order valence-electron chi connectivity index (χ4n) is 1.49. The van der Waals surface area contributed by atoms with E-state index in [1.807, 2.05) is 26.8 Å². The molecular formula is C11H17O3P. The van der Waals surface area contributed by atoms with Crippen LogP contribution < -0.4 is 5.30 Å². The van der Waals surface area contributed by atoms with Crippen molar-refractivity contribution in [1.29, 1.82) is 0 Å². The van der Waals surface area contributed by atoms with Gasteiger partial charge in [-0.2, -0.15) is 0 Å². The number of benzene rings is 1. The van der Waals surface area contributed by atoms with E-state index in [-0.39, 0.29) is 10.7 Å². The van der Waals surface area contributed by atoms with Gasteiger partial charge in [-0.25, -0.2) is 0 Å². The Bertz CT molecular complexity index is 393. The average molecular weight is 228 g/mol. The minimum atomic E-state index is -4.17. The first-order chi connectivity index (χ1) is 6.79. The van der Waals surface area contributed by atoms with Gasteiger partial charge in [0.15, 0.2) is 0 Å². The maximum absolute atomic E-state index is 11.3. The molecule has 0 aliphatic rings. The van der Waals surface area contributed by atoms with E-state index in [9.17, 15) is 14.4 Å². The average Bonchev–Trinajstić information content (AvgIpc) is 2.16. The van der Waals surface area contributed by atoms with Crippen LogP contribution in [-0.4, -0.2) is 9.79 Å². The van der Waals surface area contributed by atoms with Crippen molar-refractivity contribution in [2.24, 2.45) is 0 Å². The molecule has 0 bridgehead atoms. The highest BCUT2D eigenvalue weighted by Gasteiger charge is 2.28. The van der Waals surface area contributed by atoms with Gasteiger partial charge in [-0.15, -0.1) is 0 Å². The Hall–Kier alpha value is -0.630. The molecule has 0 heterocycles. The summed E-state index contributed by atoms with van der Waals surface area (Å²) in [5.41, 5.74) is 0.526. The second kappa shape index (κ2) is 4.09. The van der Waals surface area contributed by atoms with Gasteiger partial charge in [0.1, 0.15) is 0 Å². The quantitative estimate of drug-likeness (QED) is 0.779. The van der Waals surface area contributed by atoms with Gasteiger partial charge < -0.3 is 9.79 Å². The molecule has 0 spiro atoms. The summed E-state index contributed by atoms with van der Waals surface area (Å²) < 4.78 is 11.3. The van der Waals surface area contributed by atoms with Gasteiger partial charge in [-0.1, -0.05) is 39.0 Å². The van der Waals surface area contributed by atoms with E-state index in [1.165, 1.54) is 6.07 Å². The highest BCUT2D eigenvalue weighted by Crippen LogP contribution is 2.38.